The van der Waals surface area contributed by atoms with E-state index in [-0.39, 0.29) is 0 Å². The molecule has 19 heavy (non-hydrogen) atoms. The van der Waals surface area contributed by atoms with Gasteiger partial charge in [0.15, 0.2) is 12.0 Å². The Morgan fingerprint density at radius 3 is 2.26 bits per heavy atom. The maximum absolute atomic E-state index is 13.6. The molecule has 0 saturated carbocycles. The Bertz CT molecular complexity index is 612. The molecule has 1 N–H and O–H groups in total. The molecule has 0 aliphatic heterocycles. The summed E-state index contributed by atoms with van der Waals surface area (Å²) in [5.41, 5.74) is -3.97. The molecule has 0 saturated heterocycles. The van der Waals surface area contributed by atoms with Gasteiger partial charge in [-0.25, -0.2) is 17.6 Å². The molecule has 1 aliphatic rings. The number of allylic oxidation sites excluding steroid dienone is 2. The van der Waals surface area contributed by atoms with Crippen LogP contribution in [-0.2, 0) is 0 Å². The smallest absolute Gasteiger partial charge is 0.238 e. The van der Waals surface area contributed by atoms with E-state index in [2.05, 4.69) is 0 Å². The lowest BCUT2D eigenvalue weighted by molar-refractivity contribution is 0.0474. The van der Waals surface area contributed by atoms with Gasteiger partial charge in [0.1, 0.15) is 17.7 Å². The zero-order valence-electron chi connectivity index (χ0n) is 9.37. The molecule has 2 nitrogen and oxygen atoms in total. The molecule has 0 amide bonds. The van der Waals surface area contributed by atoms with Crippen molar-refractivity contribution in [2.45, 2.75) is 11.8 Å². The number of benzene rings is 1. The van der Waals surface area contributed by atoms with Gasteiger partial charge >= 0.3 is 0 Å². The molecule has 0 heterocycles. The van der Waals surface area contributed by atoms with Crippen LogP contribution in [0.1, 0.15) is 5.56 Å². The van der Waals surface area contributed by atoms with E-state index in [0.717, 1.165) is 24.3 Å². The fourth-order valence-corrected chi connectivity index (χ4v) is 1.75. The summed E-state index contributed by atoms with van der Waals surface area (Å²) in [6.07, 6.45) is -1.27. The third-order valence-corrected chi connectivity index (χ3v) is 2.79. The molecule has 1 aromatic carbocycles. The SMILES string of the molecule is N#CC1(O)C(F)=CC(c2c(F)cccc2F)=CC1F. The maximum Gasteiger partial charge on any atom is 0.238 e. The Balaban J connectivity index is 2.57. The molecule has 2 atom stereocenters. The standard InChI is InChI=1S/C13H7F4NO/c14-8-2-1-3-9(15)12(8)7-4-10(16)13(19,6-18)11(17)5-7/h1-5,10,19H. The summed E-state index contributed by atoms with van der Waals surface area (Å²) >= 11 is 0. The lowest BCUT2D eigenvalue weighted by Gasteiger charge is -2.25. The fourth-order valence-electron chi connectivity index (χ4n) is 1.75. The molecule has 0 radical (unpaired) electrons. The fraction of sp³-hybridized carbons (Fsp3) is 0.154. The quantitative estimate of drug-likeness (QED) is 0.629. The third-order valence-electron chi connectivity index (χ3n) is 2.79. The zero-order chi connectivity index (χ0) is 14.2. The largest absolute Gasteiger partial charge is 0.367 e. The number of aliphatic hydroxyl groups is 1. The highest BCUT2D eigenvalue weighted by atomic mass is 19.2. The first kappa shape index (κ1) is 13.3. The number of hydrogen-bond acceptors (Lipinski definition) is 2. The number of rotatable bonds is 1. The van der Waals surface area contributed by atoms with E-state index in [1.807, 2.05) is 0 Å². The Morgan fingerprint density at radius 2 is 1.79 bits per heavy atom. The van der Waals surface area contributed by atoms with Gasteiger partial charge in [0.25, 0.3) is 0 Å². The van der Waals surface area contributed by atoms with Gasteiger partial charge in [0.2, 0.25) is 5.60 Å². The topological polar surface area (TPSA) is 44.0 Å². The lowest BCUT2D eigenvalue weighted by atomic mass is 9.87. The normalized spacial score (nSPS) is 26.4. The van der Waals surface area contributed by atoms with Gasteiger partial charge in [-0.2, -0.15) is 5.26 Å². The molecule has 0 aromatic heterocycles. The average molecular weight is 269 g/mol. The van der Waals surface area contributed by atoms with Crippen molar-refractivity contribution >= 4 is 5.57 Å². The van der Waals surface area contributed by atoms with Crippen molar-refractivity contribution in [3.63, 3.8) is 0 Å². The highest BCUT2D eigenvalue weighted by Gasteiger charge is 2.44. The first-order valence-electron chi connectivity index (χ1n) is 5.21. The number of halogens is 4. The molecule has 98 valence electrons. The van der Waals surface area contributed by atoms with Crippen LogP contribution < -0.4 is 0 Å². The molecule has 2 unspecified atom stereocenters. The van der Waals surface area contributed by atoms with Gasteiger partial charge in [0.05, 0.1) is 5.56 Å². The second kappa shape index (κ2) is 4.52. The Kier molecular flexibility index (Phi) is 3.16. The van der Waals surface area contributed by atoms with Crippen molar-refractivity contribution in [1.82, 2.24) is 0 Å². The van der Waals surface area contributed by atoms with Crippen LogP contribution in [0.3, 0.4) is 0 Å². The third kappa shape index (κ3) is 2.02. The highest BCUT2D eigenvalue weighted by molar-refractivity contribution is 5.78. The predicted octanol–water partition coefficient (Wildman–Crippen LogP) is 2.81. The minimum atomic E-state index is -2.95. The van der Waals surface area contributed by atoms with Crippen LogP contribution in [0.4, 0.5) is 17.6 Å². The molecule has 0 bridgehead atoms. The van der Waals surface area contributed by atoms with Gasteiger partial charge in [-0.15, -0.1) is 0 Å². The van der Waals surface area contributed by atoms with Crippen molar-refractivity contribution in [3.8, 4) is 6.07 Å². The van der Waals surface area contributed by atoms with E-state index in [4.69, 9.17) is 5.26 Å². The minimum Gasteiger partial charge on any atom is -0.367 e. The molecular formula is C13H7F4NO. The second-order valence-electron chi connectivity index (χ2n) is 3.99. The zero-order valence-corrected chi connectivity index (χ0v) is 9.37. The van der Waals surface area contributed by atoms with E-state index >= 15 is 0 Å². The van der Waals surface area contributed by atoms with Crippen LogP contribution in [0.5, 0.6) is 0 Å². The van der Waals surface area contributed by atoms with Gasteiger partial charge in [-0.05, 0) is 29.9 Å². The Hall–Kier alpha value is -2.13. The van der Waals surface area contributed by atoms with E-state index in [0.29, 0.717) is 12.2 Å². The summed E-state index contributed by atoms with van der Waals surface area (Å²) < 4.78 is 54.1. The first-order chi connectivity index (χ1) is 8.90. The van der Waals surface area contributed by atoms with Crippen molar-refractivity contribution < 1.29 is 22.7 Å². The summed E-state index contributed by atoms with van der Waals surface area (Å²) in [4.78, 5) is 0. The number of hydrogen-bond donors (Lipinski definition) is 1. The highest BCUT2D eigenvalue weighted by Crippen LogP contribution is 2.36. The van der Waals surface area contributed by atoms with Gasteiger partial charge in [0, 0.05) is 0 Å². The van der Waals surface area contributed by atoms with Crippen LogP contribution in [0.15, 0.2) is 36.2 Å². The summed E-state index contributed by atoms with van der Waals surface area (Å²) in [5.74, 6) is -3.49. The Labute approximate surface area is 105 Å². The average Bonchev–Trinajstić information content (AvgIpc) is 2.35. The summed E-state index contributed by atoms with van der Waals surface area (Å²) in [6, 6.07) is 4.06. The van der Waals surface area contributed by atoms with E-state index < -0.39 is 40.4 Å². The molecule has 0 spiro atoms. The van der Waals surface area contributed by atoms with Crippen LogP contribution in [0.25, 0.3) is 5.57 Å². The van der Waals surface area contributed by atoms with Crippen LogP contribution in [0.2, 0.25) is 0 Å². The minimum absolute atomic E-state index is 0.402. The van der Waals surface area contributed by atoms with Crippen LogP contribution in [-0.4, -0.2) is 16.9 Å². The van der Waals surface area contributed by atoms with Gasteiger partial charge in [-0.1, -0.05) is 6.07 Å². The first-order valence-corrected chi connectivity index (χ1v) is 5.21. The van der Waals surface area contributed by atoms with Crippen LogP contribution in [0, 0.1) is 23.0 Å². The van der Waals surface area contributed by atoms with Crippen molar-refractivity contribution in [2.75, 3.05) is 0 Å². The monoisotopic (exact) mass is 269 g/mol. The summed E-state index contributed by atoms with van der Waals surface area (Å²) in [5, 5.41) is 18.0. The van der Waals surface area contributed by atoms with E-state index in [1.54, 1.807) is 0 Å². The van der Waals surface area contributed by atoms with Gasteiger partial charge < -0.3 is 5.11 Å². The molecule has 6 heteroatoms. The number of nitrogens with zero attached hydrogens (tertiary/aromatic N) is 1. The molecule has 1 aromatic rings. The van der Waals surface area contributed by atoms with Crippen molar-refractivity contribution in [2.24, 2.45) is 0 Å². The molecular weight excluding hydrogens is 262 g/mol. The molecule has 2 rings (SSSR count). The lowest BCUT2D eigenvalue weighted by Crippen LogP contribution is -2.39. The van der Waals surface area contributed by atoms with E-state index in [1.165, 1.54) is 0 Å². The van der Waals surface area contributed by atoms with Crippen molar-refractivity contribution in [1.29, 1.82) is 5.26 Å². The predicted molar refractivity (Wildman–Crippen MR) is 59.0 cm³/mol. The molecule has 1 aliphatic carbocycles. The Morgan fingerprint density at radius 1 is 1.21 bits per heavy atom. The number of alkyl halides is 1. The maximum atomic E-state index is 13.6. The molecule has 0 fully saturated rings. The second-order valence-corrected chi connectivity index (χ2v) is 3.99. The summed E-state index contributed by atoms with van der Waals surface area (Å²) in [7, 11) is 0. The van der Waals surface area contributed by atoms with E-state index in [9.17, 15) is 22.7 Å². The number of nitriles is 1. The summed E-state index contributed by atoms with van der Waals surface area (Å²) in [6.45, 7) is 0. The van der Waals surface area contributed by atoms with Crippen LogP contribution >= 0.6 is 0 Å². The van der Waals surface area contributed by atoms with Crippen molar-refractivity contribution in [3.05, 3.63) is 53.4 Å². The van der Waals surface area contributed by atoms with Gasteiger partial charge in [-0.3, -0.25) is 0 Å².